The Labute approximate surface area is 126 Å². The van der Waals surface area contributed by atoms with Crippen molar-refractivity contribution in [1.29, 1.82) is 0 Å². The molecule has 2 amide bonds. The minimum absolute atomic E-state index is 0.00197. The number of rotatable bonds is 5. The minimum atomic E-state index is -0.710. The maximum atomic E-state index is 12.3. The van der Waals surface area contributed by atoms with Gasteiger partial charge in [0.25, 0.3) is 0 Å². The minimum Gasteiger partial charge on any atom is -0.345 e. The second-order valence-corrected chi connectivity index (χ2v) is 5.57. The zero-order chi connectivity index (χ0) is 15.5. The molecule has 0 aliphatic carbocycles. The highest BCUT2D eigenvalue weighted by Gasteiger charge is 2.46. The third kappa shape index (κ3) is 2.80. The molecule has 1 saturated heterocycles. The first-order valence-corrected chi connectivity index (χ1v) is 7.74. The molecular weight excluding hydrogens is 264 g/mol. The van der Waals surface area contributed by atoms with Crippen molar-refractivity contribution in [2.24, 2.45) is 0 Å². The fourth-order valence-electron chi connectivity index (χ4n) is 3.03. The number of nitrogens with zero attached hydrogens (tertiary/aromatic N) is 1. The quantitative estimate of drug-likeness (QED) is 0.903. The van der Waals surface area contributed by atoms with Crippen LogP contribution in [0.4, 0.5) is 0 Å². The summed E-state index contributed by atoms with van der Waals surface area (Å²) in [5.41, 5.74) is 1.64. The van der Waals surface area contributed by atoms with Crippen LogP contribution in [0.1, 0.15) is 44.7 Å². The van der Waals surface area contributed by atoms with Crippen LogP contribution in [0.2, 0.25) is 0 Å². The van der Waals surface area contributed by atoms with Crippen molar-refractivity contribution in [3.05, 3.63) is 35.4 Å². The van der Waals surface area contributed by atoms with Crippen molar-refractivity contribution in [2.75, 3.05) is 6.54 Å². The molecule has 0 bridgehead atoms. The number of benzene rings is 1. The number of carbonyl (C=O) groups excluding carboxylic acids is 2. The molecule has 1 heterocycles. The van der Waals surface area contributed by atoms with Crippen LogP contribution in [0.25, 0.3) is 0 Å². The zero-order valence-electron chi connectivity index (χ0n) is 13.1. The van der Waals surface area contributed by atoms with Crippen LogP contribution < -0.4 is 5.32 Å². The highest BCUT2D eigenvalue weighted by molar-refractivity contribution is 5.97. The second kappa shape index (κ2) is 6.29. The Bertz CT molecular complexity index is 518. The van der Waals surface area contributed by atoms with Gasteiger partial charge in [0.2, 0.25) is 11.8 Å². The number of nitrogens with one attached hydrogen (secondary N) is 1. The molecule has 0 saturated carbocycles. The number of piperazine rings is 1. The normalized spacial score (nSPS) is 17.8. The molecule has 1 aromatic rings. The van der Waals surface area contributed by atoms with E-state index < -0.39 is 5.54 Å². The Kier molecular flexibility index (Phi) is 4.66. The van der Waals surface area contributed by atoms with E-state index in [1.807, 2.05) is 13.8 Å². The lowest BCUT2D eigenvalue weighted by atomic mass is 9.87. The molecule has 4 nitrogen and oxygen atoms in total. The summed E-state index contributed by atoms with van der Waals surface area (Å²) in [6, 6.07) is 8.27. The van der Waals surface area contributed by atoms with E-state index in [1.54, 1.807) is 4.90 Å². The summed E-state index contributed by atoms with van der Waals surface area (Å²) in [4.78, 5) is 26.4. The molecule has 1 aliphatic heterocycles. The molecule has 0 spiro atoms. The topological polar surface area (TPSA) is 49.4 Å². The van der Waals surface area contributed by atoms with Gasteiger partial charge in [0.1, 0.15) is 5.54 Å². The van der Waals surface area contributed by atoms with E-state index in [0.29, 0.717) is 19.4 Å². The summed E-state index contributed by atoms with van der Waals surface area (Å²) in [5, 5.41) is 2.73. The average molecular weight is 288 g/mol. The molecule has 0 radical (unpaired) electrons. The summed E-state index contributed by atoms with van der Waals surface area (Å²) >= 11 is 0. The fourth-order valence-corrected chi connectivity index (χ4v) is 3.03. The maximum absolute atomic E-state index is 12.3. The van der Waals surface area contributed by atoms with E-state index in [0.717, 1.165) is 12.0 Å². The van der Waals surface area contributed by atoms with Crippen LogP contribution in [-0.4, -0.2) is 28.8 Å². The number of aryl methyl sites for hydroxylation is 1. The second-order valence-electron chi connectivity index (χ2n) is 5.57. The molecule has 1 aliphatic rings. The molecule has 0 aromatic heterocycles. The van der Waals surface area contributed by atoms with Crippen molar-refractivity contribution in [1.82, 2.24) is 10.2 Å². The highest BCUT2D eigenvalue weighted by atomic mass is 16.2. The predicted molar refractivity (Wildman–Crippen MR) is 82.7 cm³/mol. The highest BCUT2D eigenvalue weighted by Crippen LogP contribution is 2.29. The van der Waals surface area contributed by atoms with Crippen molar-refractivity contribution in [3.63, 3.8) is 0 Å². The Morgan fingerprint density at radius 1 is 1.05 bits per heavy atom. The van der Waals surface area contributed by atoms with Gasteiger partial charge in [-0.25, -0.2) is 0 Å². The largest absolute Gasteiger partial charge is 0.345 e. The number of carbonyl (C=O) groups is 2. The molecule has 114 valence electrons. The maximum Gasteiger partial charge on any atom is 0.246 e. The molecule has 1 fully saturated rings. The summed E-state index contributed by atoms with van der Waals surface area (Å²) in [6.07, 6.45) is 2.27. The first-order valence-electron chi connectivity index (χ1n) is 7.74. The monoisotopic (exact) mass is 288 g/mol. The number of hydrogen-bond donors (Lipinski definition) is 1. The van der Waals surface area contributed by atoms with Gasteiger partial charge in [-0.3, -0.25) is 9.59 Å². The smallest absolute Gasteiger partial charge is 0.246 e. The van der Waals surface area contributed by atoms with Gasteiger partial charge in [-0.2, -0.15) is 0 Å². The lowest BCUT2D eigenvalue weighted by Gasteiger charge is -2.45. The summed E-state index contributed by atoms with van der Waals surface area (Å²) in [7, 11) is 0. The van der Waals surface area contributed by atoms with Crippen molar-refractivity contribution in [2.45, 2.75) is 52.1 Å². The molecule has 21 heavy (non-hydrogen) atoms. The van der Waals surface area contributed by atoms with Gasteiger partial charge >= 0.3 is 0 Å². The van der Waals surface area contributed by atoms with Crippen LogP contribution in [0.15, 0.2) is 24.3 Å². The third-order valence-electron chi connectivity index (χ3n) is 4.58. The Morgan fingerprint density at radius 2 is 1.62 bits per heavy atom. The average Bonchev–Trinajstić information content (AvgIpc) is 2.52. The standard InChI is InChI=1S/C17H24N2O2/c1-4-13-7-9-14(10-8-13)12-19-15(20)11-18-16(21)17(19,5-2)6-3/h7-10H,4-6,11-12H2,1-3H3,(H,18,21). The molecule has 4 heteroatoms. The molecular formula is C17H24N2O2. The van der Waals surface area contributed by atoms with E-state index in [1.165, 1.54) is 5.56 Å². The summed E-state index contributed by atoms with van der Waals surface area (Å²) in [5.74, 6) is -0.0323. The summed E-state index contributed by atoms with van der Waals surface area (Å²) < 4.78 is 0. The van der Waals surface area contributed by atoms with E-state index >= 15 is 0 Å². The Morgan fingerprint density at radius 3 is 2.14 bits per heavy atom. The molecule has 1 aromatic carbocycles. The van der Waals surface area contributed by atoms with Crippen LogP contribution in [0.5, 0.6) is 0 Å². The molecule has 0 unspecified atom stereocenters. The predicted octanol–water partition coefficient (Wildman–Crippen LogP) is 2.27. The van der Waals surface area contributed by atoms with Crippen LogP contribution >= 0.6 is 0 Å². The molecule has 0 atom stereocenters. The molecule has 2 rings (SSSR count). The van der Waals surface area contributed by atoms with Crippen molar-refractivity contribution < 1.29 is 9.59 Å². The first kappa shape index (κ1) is 15.5. The van der Waals surface area contributed by atoms with E-state index in [2.05, 4.69) is 36.5 Å². The van der Waals surface area contributed by atoms with Crippen LogP contribution in [0, 0.1) is 0 Å². The van der Waals surface area contributed by atoms with Gasteiger partial charge in [-0.05, 0) is 30.4 Å². The fraction of sp³-hybridized carbons (Fsp3) is 0.529. The van der Waals surface area contributed by atoms with Gasteiger partial charge in [0.05, 0.1) is 6.54 Å². The van der Waals surface area contributed by atoms with Crippen molar-refractivity contribution >= 4 is 11.8 Å². The SMILES string of the molecule is CCc1ccc(CN2C(=O)CNC(=O)C2(CC)CC)cc1. The van der Waals surface area contributed by atoms with Gasteiger partial charge in [0.15, 0.2) is 0 Å². The van der Waals surface area contributed by atoms with Crippen LogP contribution in [0.3, 0.4) is 0 Å². The number of hydrogen-bond acceptors (Lipinski definition) is 2. The first-order chi connectivity index (χ1) is 10.1. The Hall–Kier alpha value is -1.84. The van der Waals surface area contributed by atoms with E-state index in [4.69, 9.17) is 0 Å². The zero-order valence-corrected chi connectivity index (χ0v) is 13.1. The van der Waals surface area contributed by atoms with Crippen LogP contribution in [-0.2, 0) is 22.6 Å². The van der Waals surface area contributed by atoms with Gasteiger partial charge in [0, 0.05) is 6.54 Å². The summed E-state index contributed by atoms with van der Waals surface area (Å²) in [6.45, 7) is 6.65. The van der Waals surface area contributed by atoms with Gasteiger partial charge < -0.3 is 10.2 Å². The molecule has 1 N–H and O–H groups in total. The number of amides is 2. The van der Waals surface area contributed by atoms with Crippen molar-refractivity contribution in [3.8, 4) is 0 Å². The van der Waals surface area contributed by atoms with E-state index in [9.17, 15) is 9.59 Å². The lowest BCUT2D eigenvalue weighted by Crippen LogP contribution is -2.66. The lowest BCUT2D eigenvalue weighted by molar-refractivity contribution is -0.155. The Balaban J connectivity index is 2.28. The van der Waals surface area contributed by atoms with Gasteiger partial charge in [-0.1, -0.05) is 45.0 Å². The third-order valence-corrected chi connectivity index (χ3v) is 4.58. The van der Waals surface area contributed by atoms with Gasteiger partial charge in [-0.15, -0.1) is 0 Å². The van der Waals surface area contributed by atoms with E-state index in [-0.39, 0.29) is 18.4 Å².